The molecule has 1 heterocycles. The predicted octanol–water partition coefficient (Wildman–Crippen LogP) is 2.44. The van der Waals surface area contributed by atoms with Gasteiger partial charge in [0.05, 0.1) is 17.6 Å². The zero-order valence-corrected chi connectivity index (χ0v) is 11.7. The van der Waals surface area contributed by atoms with Crippen LogP contribution in [0, 0.1) is 0 Å². The van der Waals surface area contributed by atoms with Crippen LogP contribution < -0.4 is 10.6 Å². The highest BCUT2D eigenvalue weighted by Crippen LogP contribution is 2.32. The Morgan fingerprint density at radius 1 is 1.47 bits per heavy atom. The zero-order chi connectivity index (χ0) is 14.0. The number of carbonyl (C=O) groups is 1. The van der Waals surface area contributed by atoms with E-state index in [4.69, 9.17) is 10.5 Å². The van der Waals surface area contributed by atoms with Crippen molar-refractivity contribution in [1.82, 2.24) is 4.98 Å². The predicted molar refractivity (Wildman–Crippen MR) is 73.9 cm³/mol. The highest BCUT2D eigenvalue weighted by Gasteiger charge is 2.36. The molecule has 1 aromatic heterocycles. The molecule has 0 spiro atoms. The Bertz CT molecular complexity index is 447. The summed E-state index contributed by atoms with van der Waals surface area (Å²) in [5.41, 5.74) is 6.61. The molecule has 5 nitrogen and oxygen atoms in total. The molecule has 0 radical (unpaired) electrons. The average molecular weight is 263 g/mol. The highest BCUT2D eigenvalue weighted by molar-refractivity contribution is 5.88. The summed E-state index contributed by atoms with van der Waals surface area (Å²) in [5, 5.41) is 0. The number of amides is 1. The van der Waals surface area contributed by atoms with E-state index in [1.165, 1.54) is 0 Å². The van der Waals surface area contributed by atoms with Gasteiger partial charge < -0.3 is 10.5 Å². The van der Waals surface area contributed by atoms with E-state index in [-0.39, 0.29) is 12.1 Å². The van der Waals surface area contributed by atoms with E-state index in [0.717, 1.165) is 24.2 Å². The van der Waals surface area contributed by atoms with E-state index in [0.29, 0.717) is 6.54 Å². The highest BCUT2D eigenvalue weighted by atomic mass is 16.6. The smallest absolute Gasteiger partial charge is 0.415 e. The minimum atomic E-state index is -0.491. The molecule has 1 aromatic rings. The number of hydrogen-bond acceptors (Lipinski definition) is 4. The van der Waals surface area contributed by atoms with Gasteiger partial charge in [-0.15, -0.1) is 0 Å². The van der Waals surface area contributed by atoms with Crippen LogP contribution in [0.5, 0.6) is 0 Å². The Kier molecular flexibility index (Phi) is 3.75. The molecule has 19 heavy (non-hydrogen) atoms. The average Bonchev–Trinajstić information content (AvgIpc) is 3.12. The first kappa shape index (κ1) is 13.8. The van der Waals surface area contributed by atoms with Crippen molar-refractivity contribution in [3.05, 3.63) is 24.0 Å². The number of nitrogens with zero attached hydrogens (tertiary/aromatic N) is 2. The lowest BCUT2D eigenvalue weighted by Crippen LogP contribution is -2.38. The van der Waals surface area contributed by atoms with Gasteiger partial charge in [0.25, 0.3) is 0 Å². The van der Waals surface area contributed by atoms with Crippen molar-refractivity contribution in [2.24, 2.45) is 5.73 Å². The second kappa shape index (κ2) is 5.17. The summed E-state index contributed by atoms with van der Waals surface area (Å²) < 4.78 is 5.45. The normalized spacial score (nSPS) is 15.2. The van der Waals surface area contributed by atoms with Gasteiger partial charge in [0.15, 0.2) is 0 Å². The Morgan fingerprint density at radius 3 is 2.58 bits per heavy atom. The fourth-order valence-corrected chi connectivity index (χ4v) is 1.79. The molecule has 1 amide bonds. The lowest BCUT2D eigenvalue weighted by molar-refractivity contribution is 0.0577. The Labute approximate surface area is 113 Å². The van der Waals surface area contributed by atoms with Crippen molar-refractivity contribution in [3.8, 4) is 0 Å². The van der Waals surface area contributed by atoms with E-state index in [2.05, 4.69) is 4.98 Å². The van der Waals surface area contributed by atoms with Gasteiger partial charge in [0.1, 0.15) is 5.60 Å². The first-order valence-electron chi connectivity index (χ1n) is 6.58. The Hall–Kier alpha value is -1.62. The van der Waals surface area contributed by atoms with Crippen LogP contribution in [0.1, 0.15) is 39.3 Å². The maximum Gasteiger partial charge on any atom is 0.415 e. The van der Waals surface area contributed by atoms with Gasteiger partial charge in [0.2, 0.25) is 0 Å². The molecular formula is C14H21N3O2. The summed E-state index contributed by atoms with van der Waals surface area (Å²) >= 11 is 0. The molecule has 1 aliphatic rings. The second-order valence-electron chi connectivity index (χ2n) is 5.79. The SMILES string of the molecule is CC(C)(C)OC(=O)N(c1ccc(CN)nc1)C1CC1. The largest absolute Gasteiger partial charge is 0.443 e. The number of carbonyl (C=O) groups excluding carboxylic acids is 1. The number of aromatic nitrogens is 1. The molecule has 0 unspecified atom stereocenters. The molecule has 0 aliphatic heterocycles. The molecule has 1 aliphatic carbocycles. The van der Waals surface area contributed by atoms with Gasteiger partial charge in [0, 0.05) is 12.6 Å². The van der Waals surface area contributed by atoms with Crippen molar-refractivity contribution >= 4 is 11.8 Å². The second-order valence-corrected chi connectivity index (χ2v) is 5.79. The molecule has 104 valence electrons. The van der Waals surface area contributed by atoms with Crippen molar-refractivity contribution in [1.29, 1.82) is 0 Å². The number of anilines is 1. The maximum atomic E-state index is 12.2. The number of nitrogens with two attached hydrogens (primary N) is 1. The van der Waals surface area contributed by atoms with Gasteiger partial charge in [-0.05, 0) is 45.7 Å². The molecule has 2 N–H and O–H groups in total. The third-order valence-electron chi connectivity index (χ3n) is 2.80. The molecule has 1 fully saturated rings. The zero-order valence-electron chi connectivity index (χ0n) is 11.7. The lowest BCUT2D eigenvalue weighted by Gasteiger charge is -2.27. The standard InChI is InChI=1S/C14H21N3O2/c1-14(2,3)19-13(18)17(11-6-7-11)12-5-4-10(8-15)16-9-12/h4-5,9,11H,6-8,15H2,1-3H3. The summed E-state index contributed by atoms with van der Waals surface area (Å²) in [4.78, 5) is 18.2. The molecule has 0 aromatic carbocycles. The van der Waals surface area contributed by atoms with Gasteiger partial charge in [-0.3, -0.25) is 9.88 Å². The molecule has 1 saturated carbocycles. The van der Waals surface area contributed by atoms with Crippen molar-refractivity contribution in [3.63, 3.8) is 0 Å². The Balaban J connectivity index is 2.17. The van der Waals surface area contributed by atoms with E-state index in [1.54, 1.807) is 11.1 Å². The van der Waals surface area contributed by atoms with Crippen LogP contribution in [0.4, 0.5) is 10.5 Å². The molecular weight excluding hydrogens is 242 g/mol. The third-order valence-corrected chi connectivity index (χ3v) is 2.80. The van der Waals surface area contributed by atoms with Crippen LogP contribution in [-0.2, 0) is 11.3 Å². The van der Waals surface area contributed by atoms with Crippen LogP contribution in [0.15, 0.2) is 18.3 Å². The maximum absolute atomic E-state index is 12.2. The monoisotopic (exact) mass is 263 g/mol. The van der Waals surface area contributed by atoms with Crippen LogP contribution >= 0.6 is 0 Å². The summed E-state index contributed by atoms with van der Waals surface area (Å²) in [6.07, 6.45) is 3.40. The van der Waals surface area contributed by atoms with Crippen molar-refractivity contribution < 1.29 is 9.53 Å². The number of rotatable bonds is 3. The summed E-state index contributed by atoms with van der Waals surface area (Å²) in [7, 11) is 0. The fraction of sp³-hybridized carbons (Fsp3) is 0.571. The molecule has 0 atom stereocenters. The van der Waals surface area contributed by atoms with Crippen molar-refractivity contribution in [2.75, 3.05) is 4.90 Å². The molecule has 2 rings (SSSR count). The van der Waals surface area contributed by atoms with Crippen LogP contribution in [0.3, 0.4) is 0 Å². The number of hydrogen-bond donors (Lipinski definition) is 1. The lowest BCUT2D eigenvalue weighted by atomic mass is 10.2. The quantitative estimate of drug-likeness (QED) is 0.909. The van der Waals surface area contributed by atoms with E-state index >= 15 is 0 Å². The van der Waals surface area contributed by atoms with E-state index in [1.807, 2.05) is 32.9 Å². The van der Waals surface area contributed by atoms with Gasteiger partial charge >= 0.3 is 6.09 Å². The summed E-state index contributed by atoms with van der Waals surface area (Å²) in [5.74, 6) is 0. The molecule has 5 heteroatoms. The topological polar surface area (TPSA) is 68.5 Å². The number of pyridine rings is 1. The summed E-state index contributed by atoms with van der Waals surface area (Å²) in [6.45, 7) is 6.00. The third kappa shape index (κ3) is 3.67. The van der Waals surface area contributed by atoms with Crippen LogP contribution in [-0.4, -0.2) is 22.7 Å². The van der Waals surface area contributed by atoms with Crippen LogP contribution in [0.2, 0.25) is 0 Å². The van der Waals surface area contributed by atoms with Gasteiger partial charge in [-0.25, -0.2) is 4.79 Å². The van der Waals surface area contributed by atoms with Gasteiger partial charge in [-0.1, -0.05) is 0 Å². The minimum Gasteiger partial charge on any atom is -0.443 e. The van der Waals surface area contributed by atoms with Gasteiger partial charge in [-0.2, -0.15) is 0 Å². The Morgan fingerprint density at radius 2 is 2.16 bits per heavy atom. The van der Waals surface area contributed by atoms with E-state index in [9.17, 15) is 4.79 Å². The molecule has 0 saturated heterocycles. The fourth-order valence-electron chi connectivity index (χ4n) is 1.79. The minimum absolute atomic E-state index is 0.236. The first-order valence-corrected chi connectivity index (χ1v) is 6.58. The van der Waals surface area contributed by atoms with E-state index < -0.39 is 5.60 Å². The first-order chi connectivity index (χ1) is 8.90. The number of ether oxygens (including phenoxy) is 1. The van der Waals surface area contributed by atoms with Crippen LogP contribution in [0.25, 0.3) is 0 Å². The van der Waals surface area contributed by atoms with Crippen molar-refractivity contribution in [2.45, 2.75) is 51.8 Å². The summed E-state index contributed by atoms with van der Waals surface area (Å²) in [6, 6.07) is 3.95. The molecule has 0 bridgehead atoms.